The molecule has 2 aromatic heterocycles. The van der Waals surface area contributed by atoms with Crippen LogP contribution in [0.25, 0.3) is 0 Å². The van der Waals surface area contributed by atoms with E-state index in [9.17, 15) is 0 Å². The zero-order chi connectivity index (χ0) is 17.1. The summed E-state index contributed by atoms with van der Waals surface area (Å²) in [5.41, 5.74) is 10.1. The fourth-order valence-electron chi connectivity index (χ4n) is 2.37. The van der Waals surface area contributed by atoms with E-state index in [-0.39, 0.29) is 6.04 Å². The van der Waals surface area contributed by atoms with Crippen LogP contribution in [0.2, 0.25) is 5.02 Å². The highest BCUT2D eigenvalue weighted by atomic mass is 35.5. The van der Waals surface area contributed by atoms with Gasteiger partial charge in [0.25, 0.3) is 0 Å². The van der Waals surface area contributed by atoms with Gasteiger partial charge in [-0.05, 0) is 44.0 Å². The Bertz CT molecular complexity index is 811. The lowest BCUT2D eigenvalue weighted by Crippen LogP contribution is -2.13. The third-order valence-electron chi connectivity index (χ3n) is 3.47. The largest absolute Gasteiger partial charge is 0.322 e. The third kappa shape index (κ3) is 4.29. The van der Waals surface area contributed by atoms with Gasteiger partial charge in [-0.2, -0.15) is 0 Å². The van der Waals surface area contributed by atoms with E-state index in [0.717, 1.165) is 32.8 Å². The van der Waals surface area contributed by atoms with E-state index < -0.39 is 0 Å². The van der Waals surface area contributed by atoms with Crippen LogP contribution in [0, 0.1) is 13.8 Å². The van der Waals surface area contributed by atoms with Crippen LogP contribution < -0.4 is 11.1 Å². The predicted molar refractivity (Wildman–Crippen MR) is 99.0 cm³/mol. The standard InChI is InChI=1S/C17H18ClN5S/c1-10-7-11(2)21-16(20-10)23-17-22-15(9-24-17)14(19)8-12-3-5-13(18)6-4-12/h3-7,9,14H,8,19H2,1-2H3,(H,20,21,22,23). The topological polar surface area (TPSA) is 76.7 Å². The fraction of sp³-hybridized carbons (Fsp3) is 0.235. The summed E-state index contributed by atoms with van der Waals surface area (Å²) in [4.78, 5) is 13.3. The molecular weight excluding hydrogens is 342 g/mol. The Labute approximate surface area is 149 Å². The average molecular weight is 360 g/mol. The Balaban J connectivity index is 1.69. The number of hydrogen-bond donors (Lipinski definition) is 2. The number of thiazole rings is 1. The molecule has 7 heteroatoms. The lowest BCUT2D eigenvalue weighted by molar-refractivity contribution is 0.702. The quantitative estimate of drug-likeness (QED) is 0.714. The molecule has 0 spiro atoms. The van der Waals surface area contributed by atoms with Crippen molar-refractivity contribution in [3.05, 3.63) is 63.4 Å². The van der Waals surface area contributed by atoms with Crippen LogP contribution >= 0.6 is 22.9 Å². The van der Waals surface area contributed by atoms with Crippen LogP contribution in [-0.2, 0) is 6.42 Å². The minimum Gasteiger partial charge on any atom is -0.322 e. The summed E-state index contributed by atoms with van der Waals surface area (Å²) < 4.78 is 0. The van der Waals surface area contributed by atoms with Crippen LogP contribution in [0.4, 0.5) is 11.1 Å². The number of nitrogens with one attached hydrogen (secondary N) is 1. The fourth-order valence-corrected chi connectivity index (χ4v) is 3.26. The van der Waals surface area contributed by atoms with Gasteiger partial charge in [-0.15, -0.1) is 11.3 Å². The summed E-state index contributed by atoms with van der Waals surface area (Å²) in [6.07, 6.45) is 0.709. The Morgan fingerprint density at radius 2 is 1.79 bits per heavy atom. The molecular formula is C17H18ClN5S. The molecule has 5 nitrogen and oxygen atoms in total. The molecule has 1 atom stereocenters. The molecule has 0 amide bonds. The smallest absolute Gasteiger partial charge is 0.229 e. The second-order valence-electron chi connectivity index (χ2n) is 5.61. The summed E-state index contributed by atoms with van der Waals surface area (Å²) in [7, 11) is 0. The normalized spacial score (nSPS) is 12.2. The molecule has 0 aliphatic carbocycles. The zero-order valence-corrected chi connectivity index (χ0v) is 15.0. The van der Waals surface area contributed by atoms with Gasteiger partial charge >= 0.3 is 0 Å². The van der Waals surface area contributed by atoms with Gasteiger partial charge in [0.1, 0.15) is 0 Å². The lowest BCUT2D eigenvalue weighted by Gasteiger charge is -2.09. The molecule has 0 saturated heterocycles. The molecule has 0 saturated carbocycles. The van der Waals surface area contributed by atoms with Crippen LogP contribution in [-0.4, -0.2) is 15.0 Å². The van der Waals surface area contributed by atoms with E-state index in [1.807, 2.05) is 49.6 Å². The Morgan fingerprint density at radius 1 is 1.12 bits per heavy atom. The molecule has 24 heavy (non-hydrogen) atoms. The first-order valence-corrected chi connectivity index (χ1v) is 8.80. The maximum Gasteiger partial charge on any atom is 0.229 e. The Morgan fingerprint density at radius 3 is 2.46 bits per heavy atom. The van der Waals surface area contributed by atoms with Crippen molar-refractivity contribution >= 4 is 34.0 Å². The van der Waals surface area contributed by atoms with E-state index in [1.54, 1.807) is 0 Å². The molecule has 1 unspecified atom stereocenters. The minimum absolute atomic E-state index is 0.168. The van der Waals surface area contributed by atoms with Gasteiger partial charge in [-0.3, -0.25) is 0 Å². The maximum absolute atomic E-state index is 6.27. The number of hydrogen-bond acceptors (Lipinski definition) is 6. The number of anilines is 2. The van der Waals surface area contributed by atoms with Gasteiger partial charge in [0.05, 0.1) is 11.7 Å². The molecule has 0 aliphatic heterocycles. The van der Waals surface area contributed by atoms with Crippen molar-refractivity contribution in [3.8, 4) is 0 Å². The van der Waals surface area contributed by atoms with Gasteiger partial charge < -0.3 is 11.1 Å². The molecule has 2 heterocycles. The number of halogens is 1. The molecule has 0 radical (unpaired) electrons. The van der Waals surface area contributed by atoms with E-state index in [4.69, 9.17) is 17.3 Å². The summed E-state index contributed by atoms with van der Waals surface area (Å²) >= 11 is 7.40. The van der Waals surface area contributed by atoms with Crippen molar-refractivity contribution in [2.75, 3.05) is 5.32 Å². The summed E-state index contributed by atoms with van der Waals surface area (Å²) in [6, 6.07) is 9.47. The highest BCUT2D eigenvalue weighted by Crippen LogP contribution is 2.24. The number of aromatic nitrogens is 3. The minimum atomic E-state index is -0.168. The molecule has 3 rings (SSSR count). The molecule has 0 aliphatic rings. The van der Waals surface area contributed by atoms with Crippen molar-refractivity contribution in [3.63, 3.8) is 0 Å². The number of nitrogens with zero attached hydrogens (tertiary/aromatic N) is 3. The van der Waals surface area contributed by atoms with Crippen LogP contribution in [0.15, 0.2) is 35.7 Å². The van der Waals surface area contributed by atoms with Crippen molar-refractivity contribution in [2.24, 2.45) is 5.73 Å². The van der Waals surface area contributed by atoms with Crippen molar-refractivity contribution < 1.29 is 0 Å². The van der Waals surface area contributed by atoms with E-state index >= 15 is 0 Å². The summed E-state index contributed by atoms with van der Waals surface area (Å²) in [6.45, 7) is 3.88. The van der Waals surface area contributed by atoms with Gasteiger partial charge in [0, 0.05) is 21.8 Å². The van der Waals surface area contributed by atoms with Crippen LogP contribution in [0.1, 0.15) is 28.7 Å². The third-order valence-corrected chi connectivity index (χ3v) is 4.50. The number of rotatable bonds is 5. The Kier molecular flexibility index (Phi) is 5.08. The van der Waals surface area contributed by atoms with Gasteiger partial charge in [0.2, 0.25) is 5.95 Å². The van der Waals surface area contributed by atoms with Crippen LogP contribution in [0.5, 0.6) is 0 Å². The monoisotopic (exact) mass is 359 g/mol. The van der Waals surface area contributed by atoms with Crippen molar-refractivity contribution in [2.45, 2.75) is 26.3 Å². The average Bonchev–Trinajstić information content (AvgIpc) is 2.97. The zero-order valence-electron chi connectivity index (χ0n) is 13.5. The first-order chi connectivity index (χ1) is 11.5. The summed E-state index contributed by atoms with van der Waals surface area (Å²) in [5.74, 6) is 0.555. The van der Waals surface area contributed by atoms with Gasteiger partial charge in [-0.25, -0.2) is 15.0 Å². The SMILES string of the molecule is Cc1cc(C)nc(Nc2nc(C(N)Cc3ccc(Cl)cc3)cs2)n1. The molecule has 1 aromatic carbocycles. The molecule has 0 bridgehead atoms. The second kappa shape index (κ2) is 7.25. The first-order valence-electron chi connectivity index (χ1n) is 7.54. The number of nitrogens with two attached hydrogens (primary N) is 1. The second-order valence-corrected chi connectivity index (χ2v) is 6.91. The lowest BCUT2D eigenvalue weighted by atomic mass is 10.1. The number of benzene rings is 1. The highest BCUT2D eigenvalue weighted by Gasteiger charge is 2.12. The molecule has 3 N–H and O–H groups in total. The van der Waals surface area contributed by atoms with Crippen molar-refractivity contribution in [1.82, 2.24) is 15.0 Å². The van der Waals surface area contributed by atoms with Gasteiger partial charge in [-0.1, -0.05) is 23.7 Å². The molecule has 0 fully saturated rings. The van der Waals surface area contributed by atoms with E-state index in [0.29, 0.717) is 12.4 Å². The van der Waals surface area contributed by atoms with Crippen molar-refractivity contribution in [1.29, 1.82) is 0 Å². The molecule has 124 valence electrons. The summed E-state index contributed by atoms with van der Waals surface area (Å²) in [5, 5.41) is 6.57. The molecule has 3 aromatic rings. The highest BCUT2D eigenvalue weighted by molar-refractivity contribution is 7.13. The first kappa shape index (κ1) is 16.8. The van der Waals surface area contributed by atoms with Gasteiger partial charge in [0.15, 0.2) is 5.13 Å². The maximum atomic E-state index is 6.27. The Hall–Kier alpha value is -2.02. The number of aryl methyl sites for hydroxylation is 2. The van der Waals surface area contributed by atoms with Crippen LogP contribution in [0.3, 0.4) is 0 Å². The van der Waals surface area contributed by atoms with E-state index in [1.165, 1.54) is 11.3 Å². The predicted octanol–water partition coefficient (Wildman–Crippen LogP) is 4.19. The van der Waals surface area contributed by atoms with E-state index in [2.05, 4.69) is 20.3 Å².